The first-order chi connectivity index (χ1) is 5.68. The topological polar surface area (TPSA) is 94.0 Å². The molecule has 0 aliphatic rings. The fourth-order valence-electron chi connectivity index (χ4n) is 0.882. The van der Waals surface area contributed by atoms with Crippen LogP contribution in [0.4, 0.5) is 5.69 Å². The Kier molecular flexibility index (Phi) is 4.44. The van der Waals surface area contributed by atoms with Crippen molar-refractivity contribution in [2.75, 3.05) is 18.4 Å². The van der Waals surface area contributed by atoms with E-state index in [9.17, 15) is 9.59 Å². The van der Waals surface area contributed by atoms with E-state index in [2.05, 4.69) is 11.1 Å². The molecule has 13 heavy (non-hydrogen) atoms. The van der Waals surface area contributed by atoms with Gasteiger partial charge in [0.1, 0.15) is 5.69 Å². The molecule has 0 saturated carbocycles. The van der Waals surface area contributed by atoms with Gasteiger partial charge in [-0.1, -0.05) is 0 Å². The van der Waals surface area contributed by atoms with Gasteiger partial charge in [0.15, 0.2) is 5.75 Å². The third-order valence-electron chi connectivity index (χ3n) is 1.61. The average molecular weight is 207 g/mol. The molecule has 0 bridgehead atoms. The molecule has 1 aromatic carbocycles. The minimum Gasteiger partial charge on any atom is -1.00 e. The molecular weight excluding hydrogens is 196 g/mol. The SMILES string of the molecule is [Cl-].[NH3+]CCCNc1c(O)c(=O)c1=O. The number of rotatable bonds is 4. The third kappa shape index (κ3) is 2.19. The average Bonchev–Trinajstić information content (AvgIpc) is 2.11. The van der Waals surface area contributed by atoms with Gasteiger partial charge in [-0.05, 0) is 0 Å². The summed E-state index contributed by atoms with van der Waals surface area (Å²) in [7, 11) is 0. The summed E-state index contributed by atoms with van der Waals surface area (Å²) in [5.74, 6) is -0.441. The smallest absolute Gasteiger partial charge is 0.271 e. The van der Waals surface area contributed by atoms with Gasteiger partial charge in [0.2, 0.25) is 0 Å². The molecular formula is C7H11ClN2O3. The van der Waals surface area contributed by atoms with Crippen LogP contribution in [0.5, 0.6) is 5.75 Å². The van der Waals surface area contributed by atoms with Crippen molar-refractivity contribution < 1.29 is 23.2 Å². The highest BCUT2D eigenvalue weighted by Crippen LogP contribution is 2.13. The van der Waals surface area contributed by atoms with Crippen LogP contribution in [0.25, 0.3) is 0 Å². The highest BCUT2D eigenvalue weighted by molar-refractivity contribution is 5.60. The molecule has 0 aliphatic heterocycles. The third-order valence-corrected chi connectivity index (χ3v) is 1.61. The summed E-state index contributed by atoms with van der Waals surface area (Å²) in [6.07, 6.45) is 0.804. The lowest BCUT2D eigenvalue weighted by Gasteiger charge is -2.06. The van der Waals surface area contributed by atoms with Gasteiger partial charge >= 0.3 is 0 Å². The van der Waals surface area contributed by atoms with Crippen LogP contribution in [-0.4, -0.2) is 18.2 Å². The van der Waals surface area contributed by atoms with Crippen molar-refractivity contribution in [3.63, 3.8) is 0 Å². The number of hydrogen-bond donors (Lipinski definition) is 3. The Morgan fingerprint density at radius 2 is 1.92 bits per heavy atom. The lowest BCUT2D eigenvalue weighted by molar-refractivity contribution is -0.367. The molecule has 5 N–H and O–H groups in total. The lowest BCUT2D eigenvalue weighted by Crippen LogP contribution is -3.00. The highest BCUT2D eigenvalue weighted by Gasteiger charge is 2.18. The zero-order valence-corrected chi connectivity index (χ0v) is 7.73. The second-order valence-corrected chi connectivity index (χ2v) is 2.52. The summed E-state index contributed by atoms with van der Waals surface area (Å²) in [5.41, 5.74) is 2.23. The van der Waals surface area contributed by atoms with E-state index >= 15 is 0 Å². The van der Waals surface area contributed by atoms with E-state index in [4.69, 9.17) is 5.11 Å². The van der Waals surface area contributed by atoms with Crippen molar-refractivity contribution in [2.24, 2.45) is 0 Å². The molecule has 0 atom stereocenters. The molecule has 0 aromatic heterocycles. The van der Waals surface area contributed by atoms with Crippen LogP contribution in [0.3, 0.4) is 0 Å². The van der Waals surface area contributed by atoms with Crippen molar-refractivity contribution in [3.05, 3.63) is 20.4 Å². The summed E-state index contributed by atoms with van der Waals surface area (Å²) in [6.45, 7) is 1.31. The van der Waals surface area contributed by atoms with Crippen molar-refractivity contribution in [1.29, 1.82) is 0 Å². The van der Waals surface area contributed by atoms with E-state index in [0.29, 0.717) is 6.54 Å². The maximum Gasteiger partial charge on any atom is 0.271 e. The molecule has 0 radical (unpaired) electrons. The van der Waals surface area contributed by atoms with Gasteiger partial charge in [0, 0.05) is 13.0 Å². The number of nitrogens with one attached hydrogen (secondary N) is 1. The maximum atomic E-state index is 10.7. The summed E-state index contributed by atoms with van der Waals surface area (Å²) < 4.78 is 0. The Bertz CT molecular complexity index is 343. The van der Waals surface area contributed by atoms with Gasteiger partial charge in [0.05, 0.1) is 6.54 Å². The maximum absolute atomic E-state index is 10.7. The Labute approximate surface area is 80.7 Å². The molecule has 0 fully saturated rings. The van der Waals surface area contributed by atoms with Crippen molar-refractivity contribution in [3.8, 4) is 5.75 Å². The van der Waals surface area contributed by atoms with Crippen LogP contribution in [0.15, 0.2) is 9.59 Å². The van der Waals surface area contributed by atoms with Gasteiger partial charge in [0.25, 0.3) is 10.9 Å². The van der Waals surface area contributed by atoms with Crippen LogP contribution in [-0.2, 0) is 0 Å². The molecule has 74 valence electrons. The Hall–Kier alpha value is -1.07. The van der Waals surface area contributed by atoms with Gasteiger partial charge in [-0.25, -0.2) is 0 Å². The number of aromatic hydroxyl groups is 1. The van der Waals surface area contributed by atoms with Crippen molar-refractivity contribution in [1.82, 2.24) is 0 Å². The van der Waals surface area contributed by atoms with E-state index in [1.54, 1.807) is 0 Å². The second-order valence-electron chi connectivity index (χ2n) is 2.52. The van der Waals surface area contributed by atoms with E-state index in [1.165, 1.54) is 0 Å². The summed E-state index contributed by atoms with van der Waals surface area (Å²) in [6, 6.07) is 0. The van der Waals surface area contributed by atoms with Crippen molar-refractivity contribution in [2.45, 2.75) is 6.42 Å². The fourth-order valence-corrected chi connectivity index (χ4v) is 0.882. The standard InChI is InChI=1S/C7H10N2O3.ClH/c8-2-1-3-9-4-5(10)7(12)6(4)11;/h9-10H,1-3,8H2;1H. The number of anilines is 1. The molecule has 0 heterocycles. The van der Waals surface area contributed by atoms with Gasteiger partial charge < -0.3 is 28.6 Å². The highest BCUT2D eigenvalue weighted by atomic mass is 35.5. The van der Waals surface area contributed by atoms with E-state index in [1.807, 2.05) is 0 Å². The van der Waals surface area contributed by atoms with Crippen LogP contribution in [0, 0.1) is 0 Å². The number of quaternary nitrogens is 1. The van der Waals surface area contributed by atoms with Crippen LogP contribution in [0.1, 0.15) is 6.42 Å². The molecule has 1 aromatic rings. The first-order valence-corrected chi connectivity index (χ1v) is 3.74. The van der Waals surface area contributed by atoms with E-state index < -0.39 is 16.6 Å². The summed E-state index contributed by atoms with van der Waals surface area (Å²) in [4.78, 5) is 21.2. The summed E-state index contributed by atoms with van der Waals surface area (Å²) in [5, 5.41) is 11.5. The van der Waals surface area contributed by atoms with E-state index in [-0.39, 0.29) is 18.1 Å². The predicted molar refractivity (Wildman–Crippen MR) is 43.9 cm³/mol. The minimum absolute atomic E-state index is 0. The largest absolute Gasteiger partial charge is 1.00 e. The Morgan fingerprint density at radius 1 is 1.31 bits per heavy atom. The first kappa shape index (κ1) is 11.9. The molecule has 1 rings (SSSR count). The molecule has 0 unspecified atom stereocenters. The molecule has 0 aliphatic carbocycles. The first-order valence-electron chi connectivity index (χ1n) is 3.74. The van der Waals surface area contributed by atoms with Gasteiger partial charge in [-0.15, -0.1) is 0 Å². The summed E-state index contributed by atoms with van der Waals surface area (Å²) >= 11 is 0. The van der Waals surface area contributed by atoms with Crippen molar-refractivity contribution >= 4 is 5.69 Å². The van der Waals surface area contributed by atoms with E-state index in [0.717, 1.165) is 13.0 Å². The lowest BCUT2D eigenvalue weighted by atomic mass is 10.2. The minimum atomic E-state index is -0.799. The van der Waals surface area contributed by atoms with Crippen LogP contribution < -0.4 is 34.3 Å². The normalized spacial score (nSPS) is 9.62. The molecule has 5 nitrogen and oxygen atoms in total. The molecule has 0 amide bonds. The zero-order chi connectivity index (χ0) is 9.14. The molecule has 0 spiro atoms. The van der Waals surface area contributed by atoms with Gasteiger partial charge in [-0.2, -0.15) is 0 Å². The number of hydrogen-bond acceptors (Lipinski definition) is 4. The fraction of sp³-hybridized carbons (Fsp3) is 0.429. The number of halogens is 1. The predicted octanol–water partition coefficient (Wildman–Crippen LogP) is -4.96. The van der Waals surface area contributed by atoms with Crippen LogP contribution in [0.2, 0.25) is 0 Å². The molecule has 6 heteroatoms. The molecule has 0 saturated heterocycles. The van der Waals surface area contributed by atoms with Gasteiger partial charge in [-0.3, -0.25) is 9.59 Å². The van der Waals surface area contributed by atoms with Crippen LogP contribution >= 0.6 is 0 Å². The monoisotopic (exact) mass is 206 g/mol. The quantitative estimate of drug-likeness (QED) is 0.340. The Morgan fingerprint density at radius 3 is 2.38 bits per heavy atom. The second kappa shape index (κ2) is 4.84. The zero-order valence-electron chi connectivity index (χ0n) is 6.97. The Balaban J connectivity index is 0.00000144.